The Balaban J connectivity index is 0.000000758. The van der Waals surface area contributed by atoms with Crippen LogP contribution in [0.4, 0.5) is 0 Å². The third kappa shape index (κ3) is 6.07. The van der Waals surface area contributed by atoms with Crippen molar-refractivity contribution in [1.82, 2.24) is 4.72 Å². The van der Waals surface area contributed by atoms with E-state index in [-0.39, 0.29) is 6.10 Å². The second-order valence-electron chi connectivity index (χ2n) is 11.6. The van der Waals surface area contributed by atoms with Crippen molar-refractivity contribution in [2.24, 2.45) is 40.4 Å². The number of aliphatic hydroxyl groups excluding tert-OH is 1. The van der Waals surface area contributed by atoms with Gasteiger partial charge in [0.1, 0.15) is 0 Å². The van der Waals surface area contributed by atoms with E-state index >= 15 is 0 Å². The van der Waals surface area contributed by atoms with Gasteiger partial charge in [0.2, 0.25) is 0 Å². The van der Waals surface area contributed by atoms with E-state index in [4.69, 9.17) is 5.26 Å². The summed E-state index contributed by atoms with van der Waals surface area (Å²) in [5.74, 6) is 5.37. The molecule has 4 rings (SSSR count). The smallest absolute Gasteiger partial charge is 0.0587 e. The Morgan fingerprint density at radius 1 is 1.09 bits per heavy atom. The SMILES string of the molecule is C=CCCCC1CCC2C3C(NSCC)CC4C[C@H](O)CCC4(C)C3CCC12C.CC.CC#N. The van der Waals surface area contributed by atoms with E-state index in [1.54, 1.807) is 6.07 Å². The molecule has 0 aliphatic heterocycles. The van der Waals surface area contributed by atoms with E-state index < -0.39 is 0 Å². The molecule has 4 heteroatoms. The van der Waals surface area contributed by atoms with E-state index in [2.05, 4.69) is 38.1 Å². The fourth-order valence-corrected chi connectivity index (χ4v) is 9.28. The fourth-order valence-electron chi connectivity index (χ4n) is 8.65. The Hall–Kier alpha value is -0.500. The van der Waals surface area contributed by atoms with E-state index in [1.807, 2.05) is 25.8 Å². The van der Waals surface area contributed by atoms with Crippen LogP contribution in [0.5, 0.6) is 0 Å². The summed E-state index contributed by atoms with van der Waals surface area (Å²) >= 11 is 1.94. The lowest BCUT2D eigenvalue weighted by molar-refractivity contribution is -0.136. The van der Waals surface area contributed by atoms with Crippen molar-refractivity contribution >= 4 is 11.9 Å². The Labute approximate surface area is 216 Å². The first kappa shape index (κ1) is 29.7. The molecule has 0 amide bonds. The molecule has 8 unspecified atom stereocenters. The molecule has 4 aliphatic rings. The highest BCUT2D eigenvalue weighted by atomic mass is 32.2. The van der Waals surface area contributed by atoms with Crippen LogP contribution in [0.15, 0.2) is 12.7 Å². The summed E-state index contributed by atoms with van der Waals surface area (Å²) in [6, 6.07) is 2.39. The van der Waals surface area contributed by atoms with Gasteiger partial charge in [-0.1, -0.05) is 52.6 Å². The molecule has 34 heavy (non-hydrogen) atoms. The molecule has 196 valence electrons. The van der Waals surface area contributed by atoms with E-state index in [9.17, 15) is 5.11 Å². The van der Waals surface area contributed by atoms with Crippen LogP contribution in [0.25, 0.3) is 0 Å². The van der Waals surface area contributed by atoms with Crippen LogP contribution in [-0.4, -0.2) is 23.0 Å². The zero-order valence-corrected chi connectivity index (χ0v) is 23.9. The monoisotopic (exact) mass is 490 g/mol. The first-order valence-corrected chi connectivity index (χ1v) is 15.3. The maximum atomic E-state index is 10.4. The van der Waals surface area contributed by atoms with Crippen LogP contribution in [0, 0.1) is 51.8 Å². The average molecular weight is 491 g/mol. The topological polar surface area (TPSA) is 56.0 Å². The molecular weight excluding hydrogens is 436 g/mol. The van der Waals surface area contributed by atoms with Crippen LogP contribution in [0.3, 0.4) is 0 Å². The van der Waals surface area contributed by atoms with Crippen molar-refractivity contribution in [3.63, 3.8) is 0 Å². The summed E-state index contributed by atoms with van der Waals surface area (Å²) in [6.45, 7) is 16.9. The van der Waals surface area contributed by atoms with Crippen molar-refractivity contribution in [3.8, 4) is 6.07 Å². The molecule has 3 nitrogen and oxygen atoms in total. The Bertz CT molecular complexity index is 663. The van der Waals surface area contributed by atoms with Gasteiger partial charge in [0, 0.05) is 18.7 Å². The minimum absolute atomic E-state index is 0.0568. The number of allylic oxidation sites excluding steroid dienone is 1. The standard InChI is InChI=1S/C26H45NOS.C2H3N.C2H6/c1-5-7-8-9-18-10-11-21-24-22(13-15-25(18,21)3)26(4)14-12-20(28)16-19(26)17-23(24)27-29-6-2;1-2-3;1-2/h5,18-24,27-28H,1,6-17H2,2-4H3;1H3;1-2H3/t18?,19?,20-,21?,22?,23?,24?,25?,26?;;/m1../s1. The highest BCUT2D eigenvalue weighted by Gasteiger charge is 2.62. The highest BCUT2D eigenvalue weighted by molar-refractivity contribution is 7.97. The van der Waals surface area contributed by atoms with Gasteiger partial charge in [-0.2, -0.15) is 5.26 Å². The normalized spacial score (nSPS) is 42.4. The number of fused-ring (bicyclic) bond motifs is 5. The summed E-state index contributed by atoms with van der Waals surface area (Å²) in [5.41, 5.74) is 1.01. The molecule has 0 heterocycles. The van der Waals surface area contributed by atoms with Gasteiger partial charge in [-0.05, 0) is 111 Å². The number of hydrogen-bond donors (Lipinski definition) is 2. The van der Waals surface area contributed by atoms with Crippen LogP contribution < -0.4 is 4.72 Å². The summed E-state index contributed by atoms with van der Waals surface area (Å²) in [4.78, 5) is 0. The number of aliphatic hydroxyl groups is 1. The molecule has 0 radical (unpaired) electrons. The van der Waals surface area contributed by atoms with Gasteiger partial charge >= 0.3 is 0 Å². The Morgan fingerprint density at radius 2 is 1.74 bits per heavy atom. The van der Waals surface area contributed by atoms with Gasteiger partial charge < -0.3 is 5.11 Å². The minimum atomic E-state index is -0.0568. The molecule has 4 saturated carbocycles. The van der Waals surface area contributed by atoms with Crippen molar-refractivity contribution < 1.29 is 5.11 Å². The predicted molar refractivity (Wildman–Crippen MR) is 148 cm³/mol. The third-order valence-electron chi connectivity index (χ3n) is 10.2. The molecule has 0 aromatic carbocycles. The highest BCUT2D eigenvalue weighted by Crippen LogP contribution is 2.68. The molecular formula is C30H54N2OS. The van der Waals surface area contributed by atoms with Gasteiger partial charge in [-0.15, -0.1) is 6.58 Å². The van der Waals surface area contributed by atoms with Crippen LogP contribution in [0.2, 0.25) is 0 Å². The predicted octanol–water partition coefficient (Wildman–Crippen LogP) is 8.15. The average Bonchev–Trinajstić information content (AvgIpc) is 3.16. The van der Waals surface area contributed by atoms with E-state index in [1.165, 1.54) is 64.7 Å². The number of hydrogen-bond acceptors (Lipinski definition) is 4. The largest absolute Gasteiger partial charge is 0.393 e. The second kappa shape index (κ2) is 13.7. The van der Waals surface area contributed by atoms with Gasteiger partial charge in [0.15, 0.2) is 0 Å². The second-order valence-corrected chi connectivity index (χ2v) is 12.7. The molecule has 4 fully saturated rings. The number of nitriles is 1. The van der Waals surface area contributed by atoms with Crippen molar-refractivity contribution in [2.45, 2.75) is 124 Å². The molecule has 0 aromatic rings. The summed E-state index contributed by atoms with van der Waals surface area (Å²) < 4.78 is 3.95. The van der Waals surface area contributed by atoms with Crippen molar-refractivity contribution in [3.05, 3.63) is 12.7 Å². The number of unbranched alkanes of at least 4 members (excludes halogenated alkanes) is 1. The molecule has 9 atom stereocenters. The summed E-state index contributed by atoms with van der Waals surface area (Å²) in [5, 5.41) is 17.7. The van der Waals surface area contributed by atoms with E-state index in [0.29, 0.717) is 22.8 Å². The first-order chi connectivity index (χ1) is 16.4. The molecule has 0 saturated heterocycles. The minimum Gasteiger partial charge on any atom is -0.393 e. The molecule has 0 bridgehead atoms. The third-order valence-corrected chi connectivity index (χ3v) is 11.0. The molecule has 2 N–H and O–H groups in total. The van der Waals surface area contributed by atoms with E-state index in [0.717, 1.165) is 42.3 Å². The summed E-state index contributed by atoms with van der Waals surface area (Å²) in [6.07, 6.45) is 16.3. The molecule has 0 spiro atoms. The van der Waals surface area contributed by atoms with Crippen LogP contribution >= 0.6 is 11.9 Å². The fraction of sp³-hybridized carbons (Fsp3) is 0.900. The number of nitrogens with zero attached hydrogens (tertiary/aromatic N) is 1. The Kier molecular flexibility index (Phi) is 12.0. The van der Waals surface area contributed by atoms with Gasteiger partial charge in [-0.25, -0.2) is 0 Å². The van der Waals surface area contributed by atoms with Crippen LogP contribution in [0.1, 0.15) is 112 Å². The lowest BCUT2D eigenvalue weighted by atomic mass is 9.43. The van der Waals surface area contributed by atoms with Gasteiger partial charge in [0.25, 0.3) is 0 Å². The lowest BCUT2D eigenvalue weighted by Crippen LogP contribution is -2.60. The van der Waals surface area contributed by atoms with Gasteiger partial charge in [-0.3, -0.25) is 4.72 Å². The first-order valence-electron chi connectivity index (χ1n) is 14.3. The van der Waals surface area contributed by atoms with Crippen LogP contribution in [-0.2, 0) is 0 Å². The quantitative estimate of drug-likeness (QED) is 0.215. The maximum Gasteiger partial charge on any atom is 0.0587 e. The zero-order chi connectivity index (χ0) is 25.4. The maximum absolute atomic E-state index is 10.4. The molecule has 0 aromatic heterocycles. The number of rotatable bonds is 7. The van der Waals surface area contributed by atoms with Crippen molar-refractivity contribution in [1.29, 1.82) is 5.26 Å². The number of nitrogens with one attached hydrogen (secondary N) is 1. The zero-order valence-electron chi connectivity index (χ0n) is 23.1. The summed E-state index contributed by atoms with van der Waals surface area (Å²) in [7, 11) is 0. The van der Waals surface area contributed by atoms with Crippen molar-refractivity contribution in [2.75, 3.05) is 5.75 Å². The molecule has 4 aliphatic carbocycles. The van der Waals surface area contributed by atoms with Gasteiger partial charge in [0.05, 0.1) is 12.2 Å². The Morgan fingerprint density at radius 3 is 2.38 bits per heavy atom. The lowest BCUT2D eigenvalue weighted by Gasteiger charge is -2.63.